The van der Waals surface area contributed by atoms with Crippen molar-refractivity contribution in [2.75, 3.05) is 24.5 Å². The molecule has 0 aliphatic carbocycles. The Balaban J connectivity index is 1.73. The highest BCUT2D eigenvalue weighted by molar-refractivity contribution is 5.77. The van der Waals surface area contributed by atoms with Crippen molar-refractivity contribution in [2.45, 2.75) is 58.9 Å². The number of aromatic nitrogens is 1. The summed E-state index contributed by atoms with van der Waals surface area (Å²) in [5.74, 6) is 2.45. The predicted molar refractivity (Wildman–Crippen MR) is 102 cm³/mol. The molecule has 1 aromatic heterocycles. The topological polar surface area (TPSA) is 66.5 Å². The van der Waals surface area contributed by atoms with Gasteiger partial charge >= 0.3 is 0 Å². The molecule has 0 unspecified atom stereocenters. The Bertz CT molecular complexity index is 489. The molecule has 0 bridgehead atoms. The molecule has 1 aliphatic rings. The van der Waals surface area contributed by atoms with E-state index in [2.05, 4.69) is 46.2 Å². The molecule has 1 aliphatic heterocycles. The highest BCUT2D eigenvalue weighted by Crippen LogP contribution is 2.21. The zero-order valence-electron chi connectivity index (χ0n) is 15.3. The van der Waals surface area contributed by atoms with Crippen LogP contribution in [0.3, 0.4) is 0 Å². The summed E-state index contributed by atoms with van der Waals surface area (Å²) < 4.78 is 0. The molecule has 0 atom stereocenters. The first-order chi connectivity index (χ1) is 11.7. The van der Waals surface area contributed by atoms with Gasteiger partial charge in [0.1, 0.15) is 5.82 Å². The minimum Gasteiger partial charge on any atom is -0.370 e. The molecule has 2 rings (SSSR count). The van der Waals surface area contributed by atoms with Crippen LogP contribution in [-0.4, -0.2) is 30.6 Å². The normalized spacial score (nSPS) is 16.4. The number of guanidine groups is 1. The van der Waals surface area contributed by atoms with E-state index in [0.717, 1.165) is 43.4 Å². The number of pyridine rings is 1. The number of rotatable bonds is 8. The molecule has 0 saturated carbocycles. The summed E-state index contributed by atoms with van der Waals surface area (Å²) in [6.07, 6.45) is 9.37. The molecule has 3 N–H and O–H groups in total. The molecule has 5 heteroatoms. The number of anilines is 1. The van der Waals surface area contributed by atoms with Gasteiger partial charge in [-0.25, -0.2) is 9.98 Å². The lowest BCUT2D eigenvalue weighted by Crippen LogP contribution is -2.33. The number of nitrogens with two attached hydrogens (primary N) is 1. The molecule has 0 aromatic carbocycles. The second kappa shape index (κ2) is 10.2. The van der Waals surface area contributed by atoms with Crippen LogP contribution in [0, 0.1) is 5.92 Å². The van der Waals surface area contributed by atoms with E-state index in [1.807, 2.05) is 6.20 Å². The van der Waals surface area contributed by atoms with E-state index >= 15 is 0 Å². The third-order valence-corrected chi connectivity index (χ3v) is 4.69. The largest absolute Gasteiger partial charge is 0.370 e. The maximum absolute atomic E-state index is 5.91. The van der Waals surface area contributed by atoms with Crippen LogP contribution in [0.25, 0.3) is 0 Å². The van der Waals surface area contributed by atoms with Crippen molar-refractivity contribution in [3.8, 4) is 0 Å². The lowest BCUT2D eigenvalue weighted by atomic mass is 9.99. The Morgan fingerprint density at radius 2 is 2.08 bits per heavy atom. The molecule has 1 aromatic rings. The summed E-state index contributed by atoms with van der Waals surface area (Å²) in [5.41, 5.74) is 7.00. The van der Waals surface area contributed by atoms with Gasteiger partial charge in [-0.15, -0.1) is 0 Å². The minimum atomic E-state index is 0.528. The molecule has 134 valence electrons. The summed E-state index contributed by atoms with van der Waals surface area (Å²) in [4.78, 5) is 11.4. The minimum absolute atomic E-state index is 0.528. The Hall–Kier alpha value is -1.78. The van der Waals surface area contributed by atoms with Crippen LogP contribution in [0.4, 0.5) is 5.82 Å². The molecular weight excluding hydrogens is 298 g/mol. The summed E-state index contributed by atoms with van der Waals surface area (Å²) in [6.45, 7) is 8.25. The molecule has 2 heterocycles. The molecule has 0 amide bonds. The first-order valence-electron chi connectivity index (χ1n) is 9.42. The molecule has 5 nitrogen and oxygen atoms in total. The molecule has 1 fully saturated rings. The number of piperidine rings is 1. The molecule has 0 radical (unpaired) electrons. The van der Waals surface area contributed by atoms with Gasteiger partial charge in [0.05, 0.1) is 6.54 Å². The van der Waals surface area contributed by atoms with Gasteiger partial charge in [-0.3, -0.25) is 0 Å². The van der Waals surface area contributed by atoms with Gasteiger partial charge in [0.2, 0.25) is 0 Å². The highest BCUT2D eigenvalue weighted by Gasteiger charge is 2.16. The smallest absolute Gasteiger partial charge is 0.188 e. The van der Waals surface area contributed by atoms with Gasteiger partial charge < -0.3 is 16.0 Å². The average Bonchev–Trinajstić information content (AvgIpc) is 2.61. The van der Waals surface area contributed by atoms with Crippen LogP contribution in [-0.2, 0) is 6.54 Å². The van der Waals surface area contributed by atoms with E-state index in [1.54, 1.807) is 0 Å². The molecule has 0 spiro atoms. The monoisotopic (exact) mass is 331 g/mol. The molecular formula is C19H33N5. The Morgan fingerprint density at radius 3 is 2.75 bits per heavy atom. The second-order valence-electron chi connectivity index (χ2n) is 6.88. The summed E-state index contributed by atoms with van der Waals surface area (Å²) in [7, 11) is 0. The fourth-order valence-corrected chi connectivity index (χ4v) is 2.94. The fourth-order valence-electron chi connectivity index (χ4n) is 2.94. The van der Waals surface area contributed by atoms with Crippen molar-refractivity contribution < 1.29 is 0 Å². The number of hydrogen-bond acceptors (Lipinski definition) is 3. The zero-order valence-corrected chi connectivity index (χ0v) is 15.3. The van der Waals surface area contributed by atoms with Crippen LogP contribution in [0.1, 0.15) is 57.9 Å². The number of hydrogen-bond donors (Lipinski definition) is 2. The maximum atomic E-state index is 5.91. The van der Waals surface area contributed by atoms with Crippen LogP contribution in [0.5, 0.6) is 0 Å². The third-order valence-electron chi connectivity index (χ3n) is 4.69. The quantitative estimate of drug-likeness (QED) is 0.436. The SMILES string of the molecule is CCCCCCNC(N)=NCc1ccc(N2CCC(C)CC2)nc1. The first-order valence-corrected chi connectivity index (χ1v) is 9.42. The van der Waals surface area contributed by atoms with E-state index in [1.165, 1.54) is 32.1 Å². The standard InChI is InChI=1S/C19H33N5/c1-3-4-5-6-11-21-19(20)23-15-17-7-8-18(22-14-17)24-12-9-16(2)10-13-24/h7-8,14,16H,3-6,9-13,15H2,1-2H3,(H3,20,21,23). The number of unbranched alkanes of at least 4 members (excludes halogenated alkanes) is 3. The second-order valence-corrected chi connectivity index (χ2v) is 6.88. The highest BCUT2D eigenvalue weighted by atomic mass is 15.2. The van der Waals surface area contributed by atoms with E-state index < -0.39 is 0 Å². The Kier molecular flexibility index (Phi) is 7.86. The summed E-state index contributed by atoms with van der Waals surface area (Å²) in [5, 5.41) is 3.18. The maximum Gasteiger partial charge on any atom is 0.188 e. The zero-order chi connectivity index (χ0) is 17.2. The van der Waals surface area contributed by atoms with E-state index in [9.17, 15) is 0 Å². The lowest BCUT2D eigenvalue weighted by Gasteiger charge is -2.31. The van der Waals surface area contributed by atoms with Crippen LogP contribution in [0.15, 0.2) is 23.3 Å². The van der Waals surface area contributed by atoms with Crippen LogP contribution >= 0.6 is 0 Å². The summed E-state index contributed by atoms with van der Waals surface area (Å²) >= 11 is 0. The molecule has 1 saturated heterocycles. The first kappa shape index (κ1) is 18.6. The van der Waals surface area contributed by atoms with Crippen molar-refractivity contribution in [1.29, 1.82) is 0 Å². The number of nitrogens with one attached hydrogen (secondary N) is 1. The van der Waals surface area contributed by atoms with E-state index in [0.29, 0.717) is 12.5 Å². The van der Waals surface area contributed by atoms with E-state index in [-0.39, 0.29) is 0 Å². The van der Waals surface area contributed by atoms with Crippen LogP contribution < -0.4 is 16.0 Å². The van der Waals surface area contributed by atoms with Gasteiger partial charge in [-0.2, -0.15) is 0 Å². The fraction of sp³-hybridized carbons (Fsp3) is 0.684. The van der Waals surface area contributed by atoms with Crippen molar-refractivity contribution in [3.63, 3.8) is 0 Å². The van der Waals surface area contributed by atoms with Crippen LogP contribution in [0.2, 0.25) is 0 Å². The van der Waals surface area contributed by atoms with Gasteiger partial charge in [-0.1, -0.05) is 39.2 Å². The van der Waals surface area contributed by atoms with Crippen molar-refractivity contribution >= 4 is 11.8 Å². The van der Waals surface area contributed by atoms with Crippen molar-refractivity contribution in [3.05, 3.63) is 23.9 Å². The average molecular weight is 332 g/mol. The summed E-state index contributed by atoms with van der Waals surface area (Å²) in [6, 6.07) is 4.22. The van der Waals surface area contributed by atoms with Crippen molar-refractivity contribution in [1.82, 2.24) is 10.3 Å². The predicted octanol–water partition coefficient (Wildman–Crippen LogP) is 3.30. The third kappa shape index (κ3) is 6.38. The van der Waals surface area contributed by atoms with E-state index in [4.69, 9.17) is 5.73 Å². The number of nitrogens with zero attached hydrogens (tertiary/aromatic N) is 3. The van der Waals surface area contributed by atoms with Crippen molar-refractivity contribution in [2.24, 2.45) is 16.6 Å². The van der Waals surface area contributed by atoms with Gasteiger partial charge in [0.25, 0.3) is 0 Å². The van der Waals surface area contributed by atoms with Gasteiger partial charge in [-0.05, 0) is 36.8 Å². The van der Waals surface area contributed by atoms with Gasteiger partial charge in [0, 0.05) is 25.8 Å². The Morgan fingerprint density at radius 1 is 1.29 bits per heavy atom. The molecule has 24 heavy (non-hydrogen) atoms. The lowest BCUT2D eigenvalue weighted by molar-refractivity contribution is 0.436. The number of aliphatic imine (C=N–C) groups is 1. The van der Waals surface area contributed by atoms with Gasteiger partial charge in [0.15, 0.2) is 5.96 Å². The Labute approximate surface area is 146 Å².